The maximum absolute atomic E-state index is 12.9. The Hall–Kier alpha value is -4.72. The monoisotopic (exact) mass is 464 g/mol. The van der Waals surface area contributed by atoms with Crippen LogP contribution in [0.25, 0.3) is 22.2 Å². The average Bonchev–Trinajstić information content (AvgIpc) is 3.29. The second-order valence-corrected chi connectivity index (χ2v) is 8.32. The van der Waals surface area contributed by atoms with Crippen LogP contribution in [-0.4, -0.2) is 35.1 Å². The molecule has 5 rings (SSSR count). The Morgan fingerprint density at radius 1 is 0.886 bits per heavy atom. The second kappa shape index (κ2) is 9.26. The first kappa shape index (κ1) is 22.1. The SMILES string of the molecule is Cc1nc(Nc2ccc(NC(=O)c3ccc4noc(-c5ccccc5)c4c3)cc2)cc(N(C)C)n1. The van der Waals surface area contributed by atoms with Crippen LogP contribution in [0.5, 0.6) is 0 Å². The fourth-order valence-corrected chi connectivity index (χ4v) is 3.71. The molecule has 3 aromatic carbocycles. The van der Waals surface area contributed by atoms with Gasteiger partial charge in [0.05, 0.1) is 5.39 Å². The summed E-state index contributed by atoms with van der Waals surface area (Å²) < 4.78 is 5.54. The first-order valence-electron chi connectivity index (χ1n) is 11.1. The quantitative estimate of drug-likeness (QED) is 0.335. The maximum Gasteiger partial charge on any atom is 0.255 e. The number of nitrogens with one attached hydrogen (secondary N) is 2. The third kappa shape index (κ3) is 4.81. The van der Waals surface area contributed by atoms with Crippen LogP contribution in [0.3, 0.4) is 0 Å². The molecule has 8 heteroatoms. The van der Waals surface area contributed by atoms with E-state index in [1.807, 2.05) is 86.6 Å². The lowest BCUT2D eigenvalue weighted by atomic mass is 10.1. The Labute approximate surface area is 202 Å². The zero-order valence-corrected chi connectivity index (χ0v) is 19.6. The number of hydrogen-bond acceptors (Lipinski definition) is 7. The van der Waals surface area contributed by atoms with Gasteiger partial charge in [-0.2, -0.15) is 0 Å². The molecule has 2 aromatic heterocycles. The van der Waals surface area contributed by atoms with Crippen LogP contribution in [0.1, 0.15) is 16.2 Å². The molecule has 5 aromatic rings. The molecule has 0 radical (unpaired) electrons. The highest BCUT2D eigenvalue weighted by molar-refractivity contribution is 6.07. The summed E-state index contributed by atoms with van der Waals surface area (Å²) in [5, 5.41) is 11.1. The van der Waals surface area contributed by atoms with Gasteiger partial charge in [0, 0.05) is 42.7 Å². The number of fused-ring (bicyclic) bond motifs is 1. The van der Waals surface area contributed by atoms with E-state index in [1.54, 1.807) is 18.2 Å². The van der Waals surface area contributed by atoms with Crippen molar-refractivity contribution >= 4 is 39.8 Å². The Morgan fingerprint density at radius 2 is 1.63 bits per heavy atom. The lowest BCUT2D eigenvalue weighted by Gasteiger charge is -2.14. The number of carbonyl (C=O) groups excluding carboxylic acids is 1. The van der Waals surface area contributed by atoms with E-state index in [0.717, 1.165) is 22.5 Å². The Balaban J connectivity index is 1.31. The zero-order valence-electron chi connectivity index (χ0n) is 19.6. The molecule has 0 fully saturated rings. The molecule has 2 N–H and O–H groups in total. The molecule has 0 aliphatic carbocycles. The lowest BCUT2D eigenvalue weighted by molar-refractivity contribution is 0.102. The first-order valence-corrected chi connectivity index (χ1v) is 11.1. The summed E-state index contributed by atoms with van der Waals surface area (Å²) in [5.41, 5.74) is 3.67. The first-order chi connectivity index (χ1) is 17.0. The fourth-order valence-electron chi connectivity index (χ4n) is 3.71. The summed E-state index contributed by atoms with van der Waals surface area (Å²) in [7, 11) is 3.87. The molecular formula is C27H24N6O2. The van der Waals surface area contributed by atoms with Gasteiger partial charge in [-0.25, -0.2) is 9.97 Å². The van der Waals surface area contributed by atoms with Gasteiger partial charge in [0.15, 0.2) is 5.76 Å². The molecule has 35 heavy (non-hydrogen) atoms. The van der Waals surface area contributed by atoms with Crippen molar-refractivity contribution in [3.05, 3.63) is 90.3 Å². The van der Waals surface area contributed by atoms with Crippen molar-refractivity contribution in [1.29, 1.82) is 0 Å². The van der Waals surface area contributed by atoms with Crippen molar-refractivity contribution in [2.24, 2.45) is 0 Å². The number of benzene rings is 3. The van der Waals surface area contributed by atoms with E-state index >= 15 is 0 Å². The van der Waals surface area contributed by atoms with E-state index in [4.69, 9.17) is 4.52 Å². The molecule has 0 aliphatic rings. The molecule has 0 spiro atoms. The number of rotatable bonds is 6. The van der Waals surface area contributed by atoms with Gasteiger partial charge in [-0.3, -0.25) is 4.79 Å². The fraction of sp³-hybridized carbons (Fsp3) is 0.111. The number of anilines is 4. The predicted molar refractivity (Wildman–Crippen MR) is 138 cm³/mol. The maximum atomic E-state index is 12.9. The minimum atomic E-state index is -0.213. The van der Waals surface area contributed by atoms with Gasteiger partial charge in [0.25, 0.3) is 5.91 Å². The Kier molecular flexibility index (Phi) is 5.85. The lowest BCUT2D eigenvalue weighted by Crippen LogP contribution is -2.12. The summed E-state index contributed by atoms with van der Waals surface area (Å²) in [6.07, 6.45) is 0. The van der Waals surface area contributed by atoms with E-state index in [-0.39, 0.29) is 5.91 Å². The van der Waals surface area contributed by atoms with Gasteiger partial charge in [0.2, 0.25) is 0 Å². The number of aryl methyl sites for hydroxylation is 1. The summed E-state index contributed by atoms with van der Waals surface area (Å²) in [6.45, 7) is 1.86. The summed E-state index contributed by atoms with van der Waals surface area (Å²) in [5.74, 6) is 2.64. The highest BCUT2D eigenvalue weighted by Crippen LogP contribution is 2.29. The van der Waals surface area contributed by atoms with Crippen molar-refractivity contribution in [1.82, 2.24) is 15.1 Å². The van der Waals surface area contributed by atoms with Crippen molar-refractivity contribution < 1.29 is 9.32 Å². The van der Waals surface area contributed by atoms with Gasteiger partial charge in [-0.1, -0.05) is 35.5 Å². The van der Waals surface area contributed by atoms with Crippen molar-refractivity contribution in [2.45, 2.75) is 6.92 Å². The van der Waals surface area contributed by atoms with Crippen LogP contribution >= 0.6 is 0 Å². The van der Waals surface area contributed by atoms with Crippen LogP contribution in [0.15, 0.2) is 83.4 Å². The van der Waals surface area contributed by atoms with Crippen LogP contribution in [-0.2, 0) is 0 Å². The van der Waals surface area contributed by atoms with E-state index in [0.29, 0.717) is 34.2 Å². The number of aromatic nitrogens is 3. The molecule has 0 saturated heterocycles. The number of amides is 1. The summed E-state index contributed by atoms with van der Waals surface area (Å²) in [4.78, 5) is 23.7. The van der Waals surface area contributed by atoms with E-state index in [1.165, 1.54) is 0 Å². The third-order valence-electron chi connectivity index (χ3n) is 5.47. The molecule has 8 nitrogen and oxygen atoms in total. The Morgan fingerprint density at radius 3 is 2.37 bits per heavy atom. The molecule has 0 unspecified atom stereocenters. The highest BCUT2D eigenvalue weighted by atomic mass is 16.5. The van der Waals surface area contributed by atoms with Crippen molar-refractivity contribution in [3.63, 3.8) is 0 Å². The largest absolute Gasteiger partial charge is 0.363 e. The van der Waals surface area contributed by atoms with Gasteiger partial charge < -0.3 is 20.1 Å². The summed E-state index contributed by atoms with van der Waals surface area (Å²) >= 11 is 0. The van der Waals surface area contributed by atoms with Crippen LogP contribution in [0.4, 0.5) is 23.0 Å². The number of nitrogens with zero attached hydrogens (tertiary/aromatic N) is 4. The van der Waals surface area contributed by atoms with E-state index in [9.17, 15) is 4.79 Å². The molecule has 0 aliphatic heterocycles. The molecule has 174 valence electrons. The Bertz CT molecular complexity index is 1490. The van der Waals surface area contributed by atoms with Crippen molar-refractivity contribution in [3.8, 4) is 11.3 Å². The zero-order chi connectivity index (χ0) is 24.4. The third-order valence-corrected chi connectivity index (χ3v) is 5.47. The standard InChI is InChI=1S/C27H24N6O2/c1-17-28-24(16-25(29-17)33(2)3)30-20-10-12-21(13-11-20)31-27(34)19-9-14-23-22(15-19)26(35-32-23)18-7-5-4-6-8-18/h4-16H,1-3H3,(H,31,34)(H,28,29,30). The number of carbonyl (C=O) groups is 1. The molecule has 0 saturated carbocycles. The van der Waals surface area contributed by atoms with Gasteiger partial charge in [0.1, 0.15) is 23.0 Å². The molecule has 2 heterocycles. The van der Waals surface area contributed by atoms with E-state index in [2.05, 4.69) is 25.8 Å². The van der Waals surface area contributed by atoms with Crippen molar-refractivity contribution in [2.75, 3.05) is 29.6 Å². The predicted octanol–water partition coefficient (Wildman–Crippen LogP) is 5.66. The summed E-state index contributed by atoms with van der Waals surface area (Å²) in [6, 6.07) is 24.4. The van der Waals surface area contributed by atoms with E-state index < -0.39 is 0 Å². The van der Waals surface area contributed by atoms with Crippen LogP contribution < -0.4 is 15.5 Å². The highest BCUT2D eigenvalue weighted by Gasteiger charge is 2.14. The second-order valence-electron chi connectivity index (χ2n) is 8.32. The molecule has 0 bridgehead atoms. The number of hydrogen-bond donors (Lipinski definition) is 2. The normalized spacial score (nSPS) is 10.8. The minimum absolute atomic E-state index is 0.213. The molecular weight excluding hydrogens is 440 g/mol. The molecule has 1 amide bonds. The smallest absolute Gasteiger partial charge is 0.255 e. The van der Waals surface area contributed by atoms with Crippen LogP contribution in [0.2, 0.25) is 0 Å². The molecule has 0 atom stereocenters. The van der Waals surface area contributed by atoms with Gasteiger partial charge in [-0.15, -0.1) is 0 Å². The van der Waals surface area contributed by atoms with Gasteiger partial charge in [-0.05, 0) is 49.4 Å². The minimum Gasteiger partial charge on any atom is -0.363 e. The topological polar surface area (TPSA) is 96.2 Å². The van der Waals surface area contributed by atoms with Gasteiger partial charge >= 0.3 is 0 Å². The van der Waals surface area contributed by atoms with Crippen LogP contribution in [0, 0.1) is 6.92 Å². The average molecular weight is 465 g/mol.